The van der Waals surface area contributed by atoms with Crippen molar-refractivity contribution < 1.29 is 22.1 Å². The number of hydrogen-bond donors (Lipinski definition) is 1. The van der Waals surface area contributed by atoms with Crippen molar-refractivity contribution in [2.24, 2.45) is 0 Å². The predicted molar refractivity (Wildman–Crippen MR) is 54.0 cm³/mol. The SMILES string of the molecule is Nc1cccc(-c2noc(C(F)(F)C(F)F)n2)c1. The Labute approximate surface area is 98.4 Å². The normalized spacial score (nSPS) is 12.1. The number of alkyl halides is 4. The first-order chi connectivity index (χ1) is 8.41. The van der Waals surface area contributed by atoms with Gasteiger partial charge in [-0.25, -0.2) is 8.78 Å². The second kappa shape index (κ2) is 4.28. The first kappa shape index (κ1) is 12.3. The molecule has 0 spiro atoms. The van der Waals surface area contributed by atoms with Crippen molar-refractivity contribution in [2.45, 2.75) is 12.3 Å². The van der Waals surface area contributed by atoms with E-state index in [1.807, 2.05) is 0 Å². The van der Waals surface area contributed by atoms with Crippen LogP contribution in [0.4, 0.5) is 23.2 Å². The van der Waals surface area contributed by atoms with Gasteiger partial charge in [0.2, 0.25) is 5.82 Å². The molecule has 1 heterocycles. The third-order valence-corrected chi connectivity index (χ3v) is 2.13. The number of nitrogens with zero attached hydrogens (tertiary/aromatic N) is 2. The molecule has 0 aliphatic heterocycles. The number of halogens is 4. The van der Waals surface area contributed by atoms with Crippen molar-refractivity contribution in [3.63, 3.8) is 0 Å². The maximum Gasteiger partial charge on any atom is 0.383 e. The van der Waals surface area contributed by atoms with Gasteiger partial charge in [0.05, 0.1) is 0 Å². The Morgan fingerprint density at radius 3 is 2.61 bits per heavy atom. The molecule has 0 atom stereocenters. The molecule has 0 saturated heterocycles. The standard InChI is InChI=1S/C10H7F4N3O/c11-8(12)10(13,14)9-16-7(17-18-9)5-2-1-3-6(15)4-5/h1-4,8H,15H2. The van der Waals surface area contributed by atoms with Crippen LogP contribution in [0, 0.1) is 0 Å². The average molecular weight is 261 g/mol. The molecule has 1 aromatic carbocycles. The van der Waals surface area contributed by atoms with E-state index in [9.17, 15) is 17.6 Å². The summed E-state index contributed by atoms with van der Waals surface area (Å²) >= 11 is 0. The van der Waals surface area contributed by atoms with Gasteiger partial charge in [0, 0.05) is 11.3 Å². The van der Waals surface area contributed by atoms with Crippen LogP contribution in [0.1, 0.15) is 5.89 Å². The smallest absolute Gasteiger partial charge is 0.383 e. The van der Waals surface area contributed by atoms with Gasteiger partial charge in [-0.1, -0.05) is 17.3 Å². The fourth-order valence-electron chi connectivity index (χ4n) is 1.25. The Balaban J connectivity index is 2.37. The number of nitrogens with two attached hydrogens (primary N) is 1. The molecule has 0 bridgehead atoms. The molecule has 0 amide bonds. The van der Waals surface area contributed by atoms with Gasteiger partial charge in [-0.3, -0.25) is 0 Å². The molecule has 0 fully saturated rings. The van der Waals surface area contributed by atoms with Crippen LogP contribution in [-0.4, -0.2) is 16.6 Å². The molecule has 0 saturated carbocycles. The Hall–Kier alpha value is -2.12. The summed E-state index contributed by atoms with van der Waals surface area (Å²) in [7, 11) is 0. The second-order valence-electron chi connectivity index (χ2n) is 3.47. The Kier molecular flexibility index (Phi) is 2.93. The van der Waals surface area contributed by atoms with Crippen LogP contribution in [0.2, 0.25) is 0 Å². The zero-order valence-electron chi connectivity index (χ0n) is 8.78. The molecule has 8 heteroatoms. The molecule has 2 rings (SSSR count). The average Bonchev–Trinajstić information content (AvgIpc) is 2.78. The number of aromatic nitrogens is 2. The van der Waals surface area contributed by atoms with Crippen LogP contribution < -0.4 is 5.73 Å². The van der Waals surface area contributed by atoms with E-state index < -0.39 is 18.2 Å². The Morgan fingerprint density at radius 1 is 1.28 bits per heavy atom. The molecular formula is C10H7F4N3O. The van der Waals surface area contributed by atoms with Gasteiger partial charge in [-0.2, -0.15) is 13.8 Å². The van der Waals surface area contributed by atoms with E-state index in [-0.39, 0.29) is 5.82 Å². The zero-order valence-corrected chi connectivity index (χ0v) is 8.78. The largest absolute Gasteiger partial charge is 0.399 e. The third kappa shape index (κ3) is 2.13. The van der Waals surface area contributed by atoms with Crippen LogP contribution in [0.5, 0.6) is 0 Å². The highest BCUT2D eigenvalue weighted by molar-refractivity contribution is 5.60. The predicted octanol–water partition coefficient (Wildman–Crippen LogP) is 2.68. The van der Waals surface area contributed by atoms with Gasteiger partial charge >= 0.3 is 18.2 Å². The van der Waals surface area contributed by atoms with Gasteiger partial charge in [0.1, 0.15) is 0 Å². The van der Waals surface area contributed by atoms with Gasteiger partial charge in [0.25, 0.3) is 0 Å². The summed E-state index contributed by atoms with van der Waals surface area (Å²) in [4.78, 5) is 3.25. The highest BCUT2D eigenvalue weighted by Gasteiger charge is 2.48. The summed E-state index contributed by atoms with van der Waals surface area (Å²) in [6.07, 6.45) is -3.91. The summed E-state index contributed by atoms with van der Waals surface area (Å²) in [5.74, 6) is -6.11. The second-order valence-corrected chi connectivity index (χ2v) is 3.47. The lowest BCUT2D eigenvalue weighted by molar-refractivity contribution is -0.152. The minimum atomic E-state index is -4.47. The molecule has 2 aromatic rings. The monoisotopic (exact) mass is 261 g/mol. The van der Waals surface area contributed by atoms with Gasteiger partial charge in [-0.05, 0) is 12.1 Å². The van der Waals surface area contributed by atoms with Gasteiger partial charge in [-0.15, -0.1) is 0 Å². The zero-order chi connectivity index (χ0) is 13.3. The van der Waals surface area contributed by atoms with E-state index in [4.69, 9.17) is 5.73 Å². The van der Waals surface area contributed by atoms with E-state index >= 15 is 0 Å². The maximum absolute atomic E-state index is 12.9. The molecular weight excluding hydrogens is 254 g/mol. The van der Waals surface area contributed by atoms with Gasteiger partial charge in [0.15, 0.2) is 0 Å². The summed E-state index contributed by atoms with van der Waals surface area (Å²) in [5.41, 5.74) is 6.14. The summed E-state index contributed by atoms with van der Waals surface area (Å²) < 4.78 is 54.1. The fraction of sp³-hybridized carbons (Fsp3) is 0.200. The first-order valence-electron chi connectivity index (χ1n) is 4.77. The molecule has 4 nitrogen and oxygen atoms in total. The molecule has 0 radical (unpaired) electrons. The van der Waals surface area contributed by atoms with E-state index in [0.29, 0.717) is 11.3 Å². The van der Waals surface area contributed by atoms with E-state index in [1.54, 1.807) is 12.1 Å². The van der Waals surface area contributed by atoms with Crippen molar-refractivity contribution >= 4 is 5.69 Å². The number of anilines is 1. The Bertz CT molecular complexity index is 556. The molecule has 0 aliphatic carbocycles. The van der Waals surface area contributed by atoms with Crippen molar-refractivity contribution in [2.75, 3.05) is 5.73 Å². The minimum Gasteiger partial charge on any atom is -0.399 e. The van der Waals surface area contributed by atoms with Crippen LogP contribution in [-0.2, 0) is 5.92 Å². The quantitative estimate of drug-likeness (QED) is 0.681. The molecule has 0 unspecified atom stereocenters. The van der Waals surface area contributed by atoms with E-state index in [1.165, 1.54) is 12.1 Å². The number of rotatable bonds is 3. The number of hydrogen-bond acceptors (Lipinski definition) is 4. The lowest BCUT2D eigenvalue weighted by Gasteiger charge is -2.08. The first-order valence-corrected chi connectivity index (χ1v) is 4.77. The highest BCUT2D eigenvalue weighted by Crippen LogP contribution is 2.34. The van der Waals surface area contributed by atoms with Gasteiger partial charge < -0.3 is 10.3 Å². The maximum atomic E-state index is 12.9. The molecule has 1 aromatic heterocycles. The van der Waals surface area contributed by atoms with Crippen molar-refractivity contribution in [1.82, 2.24) is 10.1 Å². The lowest BCUT2D eigenvalue weighted by atomic mass is 10.2. The Morgan fingerprint density at radius 2 is 2.00 bits per heavy atom. The number of nitrogen functional groups attached to an aromatic ring is 1. The highest BCUT2D eigenvalue weighted by atomic mass is 19.3. The van der Waals surface area contributed by atoms with Crippen LogP contribution in [0.3, 0.4) is 0 Å². The van der Waals surface area contributed by atoms with Crippen molar-refractivity contribution in [3.8, 4) is 11.4 Å². The minimum absolute atomic E-state index is 0.224. The van der Waals surface area contributed by atoms with Crippen LogP contribution in [0.15, 0.2) is 28.8 Å². The molecule has 18 heavy (non-hydrogen) atoms. The summed E-state index contributed by atoms with van der Waals surface area (Å²) in [6.45, 7) is 0. The lowest BCUT2D eigenvalue weighted by Crippen LogP contribution is -2.23. The van der Waals surface area contributed by atoms with E-state index in [0.717, 1.165) is 0 Å². The summed E-state index contributed by atoms with van der Waals surface area (Å²) in [6, 6.07) is 6.02. The third-order valence-electron chi connectivity index (χ3n) is 2.13. The molecule has 0 aliphatic rings. The summed E-state index contributed by atoms with van der Waals surface area (Å²) in [5, 5.41) is 3.22. The fourth-order valence-corrected chi connectivity index (χ4v) is 1.25. The van der Waals surface area contributed by atoms with Crippen molar-refractivity contribution in [1.29, 1.82) is 0 Å². The topological polar surface area (TPSA) is 64.9 Å². The van der Waals surface area contributed by atoms with Crippen LogP contribution in [0.25, 0.3) is 11.4 Å². The van der Waals surface area contributed by atoms with E-state index in [2.05, 4.69) is 14.7 Å². The molecule has 96 valence electrons. The number of benzene rings is 1. The molecule has 2 N–H and O–H groups in total. The van der Waals surface area contributed by atoms with Crippen molar-refractivity contribution in [3.05, 3.63) is 30.2 Å². The van der Waals surface area contributed by atoms with Crippen LogP contribution >= 0.6 is 0 Å².